The monoisotopic (exact) mass is 454 g/mol. The average molecular weight is 455 g/mol. The molecule has 0 unspecified atom stereocenters. The lowest BCUT2D eigenvalue weighted by molar-refractivity contribution is 0.101. The Hall–Kier alpha value is -3.84. The Morgan fingerprint density at radius 3 is 2.36 bits per heavy atom. The summed E-state index contributed by atoms with van der Waals surface area (Å²) in [7, 11) is 0. The Morgan fingerprint density at radius 1 is 0.939 bits per heavy atom. The molecule has 3 aromatic heterocycles. The topological polar surface area (TPSA) is 60.2 Å². The Kier molecular flexibility index (Phi) is 5.48. The highest BCUT2D eigenvalue weighted by Gasteiger charge is 2.20. The summed E-state index contributed by atoms with van der Waals surface area (Å²) in [6, 6.07) is 21.6. The number of carbonyl (C=O) groups is 1. The zero-order chi connectivity index (χ0) is 22.9. The quantitative estimate of drug-likeness (QED) is 0.180. The third-order valence-electron chi connectivity index (χ3n) is 5.43. The smallest absolute Gasteiger partial charge is 0.187 e. The highest BCUT2D eigenvalue weighted by atomic mass is 32.2. The predicted octanol–water partition coefficient (Wildman–Crippen LogP) is 6.19. The molecule has 0 aliphatic rings. The van der Waals surface area contributed by atoms with Crippen molar-refractivity contribution in [2.75, 3.05) is 6.26 Å². The predicted molar refractivity (Wildman–Crippen MR) is 129 cm³/mol. The maximum Gasteiger partial charge on any atom is 0.187 e. The van der Waals surface area contributed by atoms with E-state index in [1.54, 1.807) is 25.3 Å². The highest BCUT2D eigenvalue weighted by molar-refractivity contribution is 7.98. The number of rotatable bonds is 5. The Balaban J connectivity index is 1.78. The van der Waals surface area contributed by atoms with Crippen molar-refractivity contribution in [3.8, 4) is 33.8 Å². The van der Waals surface area contributed by atoms with E-state index in [9.17, 15) is 9.18 Å². The van der Waals surface area contributed by atoms with Crippen LogP contribution in [-0.4, -0.2) is 31.6 Å². The number of aromatic nitrogens is 4. The fraction of sp³-hybridized carbons (Fsp3) is 0.0769. The van der Waals surface area contributed by atoms with Crippen LogP contribution in [0.25, 0.3) is 39.3 Å². The van der Waals surface area contributed by atoms with Gasteiger partial charge in [0.25, 0.3) is 0 Å². The lowest BCUT2D eigenvalue weighted by Gasteiger charge is -2.07. The minimum absolute atomic E-state index is 0.0214. The minimum atomic E-state index is -0.304. The van der Waals surface area contributed by atoms with Crippen molar-refractivity contribution < 1.29 is 9.18 Å². The van der Waals surface area contributed by atoms with E-state index in [1.165, 1.54) is 23.9 Å². The maximum absolute atomic E-state index is 13.6. The van der Waals surface area contributed by atoms with Gasteiger partial charge in [-0.1, -0.05) is 42.1 Å². The number of hydrogen-bond donors (Lipinski definition) is 0. The molecule has 0 saturated heterocycles. The largest absolute Gasteiger partial charge is 0.295 e. The molecule has 0 radical (unpaired) electrons. The second-order valence-electron chi connectivity index (χ2n) is 7.50. The zero-order valence-electron chi connectivity index (χ0n) is 18.0. The van der Waals surface area contributed by atoms with Crippen LogP contribution in [0.5, 0.6) is 0 Å². The SMILES string of the molecule is CSc1nccc(-c2c(-c3ccc(F)cc3)nn3c(-c4ccc(C(C)=O)cc4)cccc23)n1. The van der Waals surface area contributed by atoms with Gasteiger partial charge < -0.3 is 0 Å². The number of Topliss-reactive ketones (excluding diaryl/α,β-unsaturated/α-hetero) is 1. The highest BCUT2D eigenvalue weighted by Crippen LogP contribution is 2.36. The van der Waals surface area contributed by atoms with Crippen molar-refractivity contribution in [3.05, 3.63) is 90.4 Å². The number of nitrogens with zero attached hydrogens (tertiary/aromatic N) is 4. The molecule has 2 aromatic carbocycles. The molecule has 0 atom stereocenters. The summed E-state index contributed by atoms with van der Waals surface area (Å²) in [4.78, 5) is 20.7. The van der Waals surface area contributed by atoms with Gasteiger partial charge in [-0.2, -0.15) is 5.10 Å². The first-order valence-corrected chi connectivity index (χ1v) is 11.5. The summed E-state index contributed by atoms with van der Waals surface area (Å²) >= 11 is 1.47. The molecule has 0 aliphatic heterocycles. The first-order valence-electron chi connectivity index (χ1n) is 10.3. The van der Waals surface area contributed by atoms with Crippen molar-refractivity contribution in [3.63, 3.8) is 0 Å². The van der Waals surface area contributed by atoms with E-state index in [1.807, 2.05) is 59.3 Å². The number of hydrogen-bond acceptors (Lipinski definition) is 5. The molecule has 0 N–H and O–H groups in total. The minimum Gasteiger partial charge on any atom is -0.295 e. The van der Waals surface area contributed by atoms with Crippen LogP contribution >= 0.6 is 11.8 Å². The lowest BCUT2D eigenvalue weighted by Crippen LogP contribution is -1.96. The molecule has 0 bridgehead atoms. The van der Waals surface area contributed by atoms with Gasteiger partial charge in [0.05, 0.1) is 22.5 Å². The molecule has 0 aliphatic carbocycles. The average Bonchev–Trinajstić information content (AvgIpc) is 3.24. The van der Waals surface area contributed by atoms with E-state index < -0.39 is 0 Å². The van der Waals surface area contributed by atoms with Gasteiger partial charge in [-0.25, -0.2) is 18.9 Å². The van der Waals surface area contributed by atoms with Crippen molar-refractivity contribution >= 4 is 23.1 Å². The molecule has 0 saturated carbocycles. The zero-order valence-corrected chi connectivity index (χ0v) is 18.8. The van der Waals surface area contributed by atoms with Crippen molar-refractivity contribution in [1.29, 1.82) is 0 Å². The number of benzene rings is 2. The molecule has 33 heavy (non-hydrogen) atoms. The van der Waals surface area contributed by atoms with Gasteiger partial charge >= 0.3 is 0 Å². The van der Waals surface area contributed by atoms with E-state index in [0.29, 0.717) is 16.4 Å². The van der Waals surface area contributed by atoms with Crippen molar-refractivity contribution in [1.82, 2.24) is 19.6 Å². The van der Waals surface area contributed by atoms with Crippen LogP contribution in [-0.2, 0) is 0 Å². The number of carbonyl (C=O) groups excluding carboxylic acids is 1. The van der Waals surface area contributed by atoms with E-state index in [0.717, 1.165) is 33.6 Å². The van der Waals surface area contributed by atoms with Gasteiger partial charge in [0.1, 0.15) is 11.5 Å². The second-order valence-corrected chi connectivity index (χ2v) is 8.27. The molecular weight excluding hydrogens is 435 g/mol. The molecule has 0 amide bonds. The lowest BCUT2D eigenvalue weighted by atomic mass is 10.0. The standard InChI is InChI=1S/C26H19FN4OS/c1-16(32)17-6-8-18(9-7-17)22-4-3-5-23-24(21-14-15-28-26(29-21)33-2)25(30-31(22)23)19-10-12-20(27)13-11-19/h3-15H,1-2H3. The Labute approximate surface area is 194 Å². The molecule has 3 heterocycles. The summed E-state index contributed by atoms with van der Waals surface area (Å²) in [5.41, 5.74) is 6.41. The van der Waals surface area contributed by atoms with E-state index in [2.05, 4.69) is 4.98 Å². The molecule has 5 aromatic rings. The van der Waals surface area contributed by atoms with E-state index in [-0.39, 0.29) is 11.6 Å². The molecule has 162 valence electrons. The van der Waals surface area contributed by atoms with Crippen LogP contribution in [0, 0.1) is 5.82 Å². The van der Waals surface area contributed by atoms with Crippen molar-refractivity contribution in [2.24, 2.45) is 0 Å². The van der Waals surface area contributed by atoms with Crippen LogP contribution in [0.2, 0.25) is 0 Å². The summed E-state index contributed by atoms with van der Waals surface area (Å²) in [5, 5.41) is 5.60. The van der Waals surface area contributed by atoms with Gasteiger partial charge in [0.2, 0.25) is 0 Å². The van der Waals surface area contributed by atoms with Gasteiger partial charge in [0, 0.05) is 22.9 Å². The molecule has 0 fully saturated rings. The van der Waals surface area contributed by atoms with Crippen LogP contribution in [0.3, 0.4) is 0 Å². The molecular formula is C26H19FN4OS. The van der Waals surface area contributed by atoms with Gasteiger partial charge in [0.15, 0.2) is 10.9 Å². The van der Waals surface area contributed by atoms with Crippen LogP contribution in [0.1, 0.15) is 17.3 Å². The number of thioether (sulfide) groups is 1. The van der Waals surface area contributed by atoms with Crippen LogP contribution < -0.4 is 0 Å². The Morgan fingerprint density at radius 2 is 1.67 bits per heavy atom. The van der Waals surface area contributed by atoms with Gasteiger partial charge in [-0.05, 0) is 55.6 Å². The fourth-order valence-electron chi connectivity index (χ4n) is 3.80. The first kappa shape index (κ1) is 21.0. The third-order valence-corrected chi connectivity index (χ3v) is 6.00. The molecule has 5 nitrogen and oxygen atoms in total. The van der Waals surface area contributed by atoms with Gasteiger partial charge in [-0.3, -0.25) is 4.79 Å². The van der Waals surface area contributed by atoms with Gasteiger partial charge in [-0.15, -0.1) is 0 Å². The molecule has 7 heteroatoms. The summed E-state index contributed by atoms with van der Waals surface area (Å²) in [6.07, 6.45) is 3.66. The van der Waals surface area contributed by atoms with E-state index in [4.69, 9.17) is 10.1 Å². The summed E-state index contributed by atoms with van der Waals surface area (Å²) in [6.45, 7) is 1.55. The fourth-order valence-corrected chi connectivity index (χ4v) is 4.16. The maximum atomic E-state index is 13.6. The summed E-state index contributed by atoms with van der Waals surface area (Å²) in [5.74, 6) is -0.282. The van der Waals surface area contributed by atoms with E-state index >= 15 is 0 Å². The number of pyridine rings is 1. The number of fused-ring (bicyclic) bond motifs is 1. The van der Waals surface area contributed by atoms with Crippen LogP contribution in [0.4, 0.5) is 4.39 Å². The Bertz CT molecular complexity index is 1480. The van der Waals surface area contributed by atoms with Crippen LogP contribution in [0.15, 0.2) is 84.1 Å². The third kappa shape index (κ3) is 3.91. The molecule has 0 spiro atoms. The number of halogens is 1. The second kappa shape index (κ2) is 8.60. The molecule has 5 rings (SSSR count). The normalized spacial score (nSPS) is 11.1. The first-order chi connectivity index (χ1) is 16.0. The van der Waals surface area contributed by atoms with Crippen molar-refractivity contribution in [2.45, 2.75) is 12.1 Å². The summed E-state index contributed by atoms with van der Waals surface area (Å²) < 4.78 is 15.5. The number of ketones is 1.